The standard InChI is InChI=1S/C15H18BrNO/c1-11(2)17(13-8-9-13)15(18)10-7-12-5-3-4-6-14(12)16/h3-7,10-11,13H,8-9H2,1-2H3/b10-7+. The maximum Gasteiger partial charge on any atom is 0.247 e. The molecule has 0 radical (unpaired) electrons. The van der Waals surface area contributed by atoms with E-state index in [1.54, 1.807) is 6.08 Å². The second-order valence-electron chi connectivity index (χ2n) is 4.93. The van der Waals surface area contributed by atoms with Gasteiger partial charge in [-0.2, -0.15) is 0 Å². The number of hydrogen-bond acceptors (Lipinski definition) is 1. The Morgan fingerprint density at radius 2 is 2.06 bits per heavy atom. The molecule has 1 aliphatic rings. The summed E-state index contributed by atoms with van der Waals surface area (Å²) in [5, 5.41) is 0. The van der Waals surface area contributed by atoms with Gasteiger partial charge in [0.1, 0.15) is 0 Å². The van der Waals surface area contributed by atoms with E-state index in [4.69, 9.17) is 0 Å². The molecule has 0 atom stereocenters. The summed E-state index contributed by atoms with van der Waals surface area (Å²) >= 11 is 3.48. The Bertz CT molecular complexity index is 461. The van der Waals surface area contributed by atoms with Crippen LogP contribution in [0.3, 0.4) is 0 Å². The first kappa shape index (κ1) is 13.3. The lowest BCUT2D eigenvalue weighted by atomic mass is 10.2. The van der Waals surface area contributed by atoms with Crippen LogP contribution in [0.1, 0.15) is 32.3 Å². The van der Waals surface area contributed by atoms with Crippen molar-refractivity contribution in [2.75, 3.05) is 0 Å². The van der Waals surface area contributed by atoms with E-state index < -0.39 is 0 Å². The lowest BCUT2D eigenvalue weighted by Crippen LogP contribution is -2.37. The van der Waals surface area contributed by atoms with Gasteiger partial charge in [0.2, 0.25) is 5.91 Å². The number of rotatable bonds is 4. The Kier molecular flexibility index (Phi) is 4.23. The van der Waals surface area contributed by atoms with E-state index in [1.165, 1.54) is 0 Å². The molecule has 0 N–H and O–H groups in total. The zero-order valence-electron chi connectivity index (χ0n) is 10.8. The average molecular weight is 308 g/mol. The molecular formula is C15H18BrNO. The topological polar surface area (TPSA) is 20.3 Å². The number of nitrogens with zero attached hydrogens (tertiary/aromatic N) is 1. The maximum absolute atomic E-state index is 12.2. The van der Waals surface area contributed by atoms with Crippen molar-refractivity contribution in [2.45, 2.75) is 38.8 Å². The summed E-state index contributed by atoms with van der Waals surface area (Å²) in [5.74, 6) is 0.114. The number of halogens is 1. The Morgan fingerprint density at radius 3 is 2.61 bits per heavy atom. The number of carbonyl (C=O) groups is 1. The number of hydrogen-bond donors (Lipinski definition) is 0. The van der Waals surface area contributed by atoms with Crippen LogP contribution in [0.25, 0.3) is 6.08 Å². The molecule has 0 heterocycles. The van der Waals surface area contributed by atoms with Gasteiger partial charge in [0.05, 0.1) is 0 Å². The second-order valence-corrected chi connectivity index (χ2v) is 5.78. The van der Waals surface area contributed by atoms with Crippen molar-refractivity contribution in [3.63, 3.8) is 0 Å². The van der Waals surface area contributed by atoms with E-state index in [2.05, 4.69) is 29.8 Å². The molecular weight excluding hydrogens is 290 g/mol. The van der Waals surface area contributed by atoms with Crippen LogP contribution in [0.5, 0.6) is 0 Å². The molecule has 1 amide bonds. The van der Waals surface area contributed by atoms with Crippen molar-refractivity contribution in [1.29, 1.82) is 0 Å². The first-order chi connectivity index (χ1) is 8.59. The van der Waals surface area contributed by atoms with Crippen LogP contribution in [0.4, 0.5) is 0 Å². The van der Waals surface area contributed by atoms with Gasteiger partial charge in [0.15, 0.2) is 0 Å². The highest BCUT2D eigenvalue weighted by Gasteiger charge is 2.33. The first-order valence-electron chi connectivity index (χ1n) is 6.34. The second kappa shape index (κ2) is 5.70. The fourth-order valence-corrected chi connectivity index (χ4v) is 2.48. The molecule has 0 saturated heterocycles. The molecule has 1 aromatic rings. The first-order valence-corrected chi connectivity index (χ1v) is 7.14. The Balaban J connectivity index is 2.08. The van der Waals surface area contributed by atoms with E-state index in [9.17, 15) is 4.79 Å². The highest BCUT2D eigenvalue weighted by atomic mass is 79.9. The molecule has 0 aliphatic heterocycles. The lowest BCUT2D eigenvalue weighted by molar-refractivity contribution is -0.128. The van der Waals surface area contributed by atoms with Crippen LogP contribution >= 0.6 is 15.9 Å². The monoisotopic (exact) mass is 307 g/mol. The molecule has 0 spiro atoms. The summed E-state index contributed by atoms with van der Waals surface area (Å²) in [4.78, 5) is 14.2. The number of amides is 1. The molecule has 1 aliphatic carbocycles. The summed E-state index contributed by atoms with van der Waals surface area (Å²) in [5.41, 5.74) is 1.03. The largest absolute Gasteiger partial charge is 0.334 e. The Morgan fingerprint density at radius 1 is 1.39 bits per heavy atom. The summed E-state index contributed by atoms with van der Waals surface area (Å²) in [6, 6.07) is 8.63. The number of benzene rings is 1. The van der Waals surface area contributed by atoms with Gasteiger partial charge in [-0.1, -0.05) is 34.1 Å². The third-order valence-electron chi connectivity index (χ3n) is 3.06. The normalized spacial score (nSPS) is 15.3. The van der Waals surface area contributed by atoms with Crippen molar-refractivity contribution in [3.05, 3.63) is 40.4 Å². The molecule has 2 nitrogen and oxygen atoms in total. The summed E-state index contributed by atoms with van der Waals surface area (Å²) in [7, 11) is 0. The van der Waals surface area contributed by atoms with E-state index >= 15 is 0 Å². The molecule has 0 unspecified atom stereocenters. The van der Waals surface area contributed by atoms with Crippen LogP contribution in [-0.2, 0) is 4.79 Å². The van der Waals surface area contributed by atoms with Gasteiger partial charge in [0, 0.05) is 22.6 Å². The predicted molar refractivity (Wildman–Crippen MR) is 78.2 cm³/mol. The highest BCUT2D eigenvalue weighted by Crippen LogP contribution is 2.29. The fourth-order valence-electron chi connectivity index (χ4n) is 2.07. The molecule has 0 aromatic heterocycles. The van der Waals surface area contributed by atoms with Crippen molar-refractivity contribution >= 4 is 27.9 Å². The predicted octanol–water partition coefficient (Wildman–Crippen LogP) is 3.86. The van der Waals surface area contributed by atoms with Gasteiger partial charge in [-0.25, -0.2) is 0 Å². The van der Waals surface area contributed by atoms with Gasteiger partial charge < -0.3 is 4.90 Å². The molecule has 0 bridgehead atoms. The van der Waals surface area contributed by atoms with Crippen molar-refractivity contribution in [3.8, 4) is 0 Å². The molecule has 18 heavy (non-hydrogen) atoms. The van der Waals surface area contributed by atoms with Crippen LogP contribution in [-0.4, -0.2) is 22.9 Å². The summed E-state index contributed by atoms with van der Waals surface area (Å²) < 4.78 is 1.01. The third kappa shape index (κ3) is 3.22. The molecule has 96 valence electrons. The van der Waals surface area contributed by atoms with Crippen LogP contribution in [0.2, 0.25) is 0 Å². The summed E-state index contributed by atoms with van der Waals surface area (Å²) in [6.07, 6.45) is 5.85. The minimum atomic E-state index is 0.114. The Hall–Kier alpha value is -1.09. The van der Waals surface area contributed by atoms with E-state index in [0.29, 0.717) is 6.04 Å². The van der Waals surface area contributed by atoms with Gasteiger partial charge in [-0.05, 0) is 44.4 Å². The molecule has 3 heteroatoms. The number of carbonyl (C=O) groups excluding carboxylic acids is 1. The van der Waals surface area contributed by atoms with Gasteiger partial charge in [-0.3, -0.25) is 4.79 Å². The Labute approximate surface area is 117 Å². The van der Waals surface area contributed by atoms with E-state index in [0.717, 1.165) is 22.9 Å². The van der Waals surface area contributed by atoms with Crippen LogP contribution in [0, 0.1) is 0 Å². The molecule has 1 saturated carbocycles. The molecule has 2 rings (SSSR count). The molecule has 1 fully saturated rings. The van der Waals surface area contributed by atoms with Gasteiger partial charge in [-0.15, -0.1) is 0 Å². The lowest BCUT2D eigenvalue weighted by Gasteiger charge is -2.25. The van der Waals surface area contributed by atoms with E-state index in [-0.39, 0.29) is 11.9 Å². The SMILES string of the molecule is CC(C)N(C(=O)/C=C/c1ccccc1Br)C1CC1. The zero-order chi connectivity index (χ0) is 13.1. The highest BCUT2D eigenvalue weighted by molar-refractivity contribution is 9.10. The average Bonchev–Trinajstić information content (AvgIpc) is 3.12. The quantitative estimate of drug-likeness (QED) is 0.773. The van der Waals surface area contributed by atoms with Crippen molar-refractivity contribution in [2.24, 2.45) is 0 Å². The zero-order valence-corrected chi connectivity index (χ0v) is 12.4. The van der Waals surface area contributed by atoms with Crippen LogP contribution in [0.15, 0.2) is 34.8 Å². The fraction of sp³-hybridized carbons (Fsp3) is 0.400. The smallest absolute Gasteiger partial charge is 0.247 e. The minimum absolute atomic E-state index is 0.114. The van der Waals surface area contributed by atoms with Crippen molar-refractivity contribution in [1.82, 2.24) is 4.90 Å². The molecule has 1 aromatic carbocycles. The maximum atomic E-state index is 12.2. The third-order valence-corrected chi connectivity index (χ3v) is 3.78. The van der Waals surface area contributed by atoms with Crippen LogP contribution < -0.4 is 0 Å². The summed E-state index contributed by atoms with van der Waals surface area (Å²) in [6.45, 7) is 4.14. The van der Waals surface area contributed by atoms with Gasteiger partial charge >= 0.3 is 0 Å². The van der Waals surface area contributed by atoms with E-state index in [1.807, 2.05) is 35.2 Å². The van der Waals surface area contributed by atoms with Crippen molar-refractivity contribution < 1.29 is 4.79 Å². The minimum Gasteiger partial charge on any atom is -0.334 e. The van der Waals surface area contributed by atoms with Gasteiger partial charge in [0.25, 0.3) is 0 Å².